The number of aliphatic hydroxyl groups excluding tert-OH is 1. The Morgan fingerprint density at radius 2 is 1.93 bits per heavy atom. The summed E-state index contributed by atoms with van der Waals surface area (Å²) in [7, 11) is -3.80. The van der Waals surface area contributed by atoms with Gasteiger partial charge in [0, 0.05) is 17.6 Å². The number of hydrogen-bond acceptors (Lipinski definition) is 5. The lowest BCUT2D eigenvalue weighted by Crippen LogP contribution is -2.33. The Kier molecular flexibility index (Phi) is 7.19. The summed E-state index contributed by atoms with van der Waals surface area (Å²) >= 11 is 6.09. The van der Waals surface area contributed by atoms with Crippen LogP contribution >= 0.6 is 11.6 Å². The summed E-state index contributed by atoms with van der Waals surface area (Å²) in [6, 6.07) is 12.7. The number of benzene rings is 2. The molecule has 158 valence electrons. The van der Waals surface area contributed by atoms with Crippen LogP contribution in [0.5, 0.6) is 0 Å². The molecule has 2 aromatic rings. The fourth-order valence-electron chi connectivity index (χ4n) is 3.57. The van der Waals surface area contributed by atoms with Gasteiger partial charge in [-0.1, -0.05) is 35.9 Å². The van der Waals surface area contributed by atoms with E-state index in [-0.39, 0.29) is 36.3 Å². The van der Waals surface area contributed by atoms with Gasteiger partial charge >= 0.3 is 0 Å². The lowest BCUT2D eigenvalue weighted by Gasteiger charge is -2.21. The third-order valence-electron chi connectivity index (χ3n) is 5.16. The maximum Gasteiger partial charge on any atom is 0.242 e. The van der Waals surface area contributed by atoms with Gasteiger partial charge in [0.1, 0.15) is 4.90 Å². The van der Waals surface area contributed by atoms with Gasteiger partial charge in [0.2, 0.25) is 10.0 Å². The molecule has 6 nitrogen and oxygen atoms in total. The first kappa shape index (κ1) is 22.1. The van der Waals surface area contributed by atoms with Gasteiger partial charge in [0.25, 0.3) is 0 Å². The van der Waals surface area contributed by atoms with E-state index in [0.29, 0.717) is 17.1 Å². The van der Waals surface area contributed by atoms with Crippen molar-refractivity contribution in [2.24, 2.45) is 0 Å². The van der Waals surface area contributed by atoms with Gasteiger partial charge in [-0.05, 0) is 56.0 Å². The van der Waals surface area contributed by atoms with Gasteiger partial charge < -0.3 is 15.2 Å². The summed E-state index contributed by atoms with van der Waals surface area (Å²) in [4.78, 5) is 0.0992. The Balaban J connectivity index is 1.78. The van der Waals surface area contributed by atoms with Crippen LogP contribution in [0.3, 0.4) is 0 Å². The molecule has 0 spiro atoms. The summed E-state index contributed by atoms with van der Waals surface area (Å²) < 4.78 is 34.2. The highest BCUT2D eigenvalue weighted by molar-refractivity contribution is 7.89. The summed E-state index contributed by atoms with van der Waals surface area (Å²) in [5.74, 6) is 0. The van der Waals surface area contributed by atoms with Crippen molar-refractivity contribution in [2.45, 2.75) is 49.8 Å². The summed E-state index contributed by atoms with van der Waals surface area (Å²) in [5.41, 5.74) is 2.70. The van der Waals surface area contributed by atoms with Crippen molar-refractivity contribution in [2.75, 3.05) is 18.5 Å². The largest absolute Gasteiger partial charge is 0.394 e. The topological polar surface area (TPSA) is 87.7 Å². The third-order valence-corrected chi connectivity index (χ3v) is 6.86. The molecule has 3 N–H and O–H groups in total. The minimum absolute atomic E-state index is 0.0532. The molecule has 3 atom stereocenters. The molecule has 0 radical (unpaired) electrons. The molecule has 8 heteroatoms. The maximum absolute atomic E-state index is 13.0. The van der Waals surface area contributed by atoms with Crippen LogP contribution in [0, 0.1) is 6.92 Å². The van der Waals surface area contributed by atoms with E-state index in [1.54, 1.807) is 12.1 Å². The molecule has 1 heterocycles. The molecule has 1 saturated heterocycles. The van der Waals surface area contributed by atoms with Gasteiger partial charge in [-0.25, -0.2) is 13.1 Å². The molecule has 1 aliphatic rings. The predicted molar refractivity (Wildman–Crippen MR) is 115 cm³/mol. The first-order valence-corrected chi connectivity index (χ1v) is 11.5. The van der Waals surface area contributed by atoms with Gasteiger partial charge in [-0.2, -0.15) is 0 Å². The van der Waals surface area contributed by atoms with E-state index < -0.39 is 10.0 Å². The quantitative estimate of drug-likeness (QED) is 0.585. The zero-order chi connectivity index (χ0) is 21.0. The van der Waals surface area contributed by atoms with Gasteiger partial charge in [0.05, 0.1) is 24.5 Å². The van der Waals surface area contributed by atoms with Crippen LogP contribution in [-0.4, -0.2) is 38.9 Å². The van der Waals surface area contributed by atoms with E-state index >= 15 is 0 Å². The third kappa shape index (κ3) is 5.49. The number of hydrogen-bond donors (Lipinski definition) is 3. The first-order chi connectivity index (χ1) is 13.8. The highest BCUT2D eigenvalue weighted by atomic mass is 35.5. The first-order valence-electron chi connectivity index (χ1n) is 9.67. The van der Waals surface area contributed by atoms with Crippen LogP contribution in [0.1, 0.15) is 36.9 Å². The van der Waals surface area contributed by atoms with E-state index in [0.717, 1.165) is 17.5 Å². The normalized spacial score (nSPS) is 20.6. The van der Waals surface area contributed by atoms with E-state index in [1.807, 2.05) is 38.1 Å². The van der Waals surface area contributed by atoms with Crippen LogP contribution in [-0.2, 0) is 14.8 Å². The second kappa shape index (κ2) is 9.45. The molecule has 2 aromatic carbocycles. The summed E-state index contributed by atoms with van der Waals surface area (Å²) in [6.45, 7) is 4.11. The lowest BCUT2D eigenvalue weighted by molar-refractivity contribution is 0.0144. The van der Waals surface area contributed by atoms with Crippen LogP contribution in [0.4, 0.5) is 5.69 Å². The monoisotopic (exact) mass is 438 g/mol. The zero-order valence-electron chi connectivity index (χ0n) is 16.6. The van der Waals surface area contributed by atoms with E-state index in [9.17, 15) is 8.42 Å². The number of aliphatic hydroxyl groups is 1. The fourth-order valence-corrected chi connectivity index (χ4v) is 5.06. The molecule has 0 amide bonds. The number of rotatable bonds is 8. The van der Waals surface area contributed by atoms with E-state index in [4.69, 9.17) is 21.4 Å². The van der Waals surface area contributed by atoms with E-state index in [1.165, 1.54) is 6.07 Å². The van der Waals surface area contributed by atoms with Gasteiger partial charge in [-0.3, -0.25) is 0 Å². The van der Waals surface area contributed by atoms with E-state index in [2.05, 4.69) is 10.0 Å². The number of sulfonamides is 1. The summed E-state index contributed by atoms with van der Waals surface area (Å²) in [6.07, 6.45) is 0.964. The van der Waals surface area contributed by atoms with Crippen LogP contribution in [0.15, 0.2) is 47.4 Å². The predicted octanol–water partition coefficient (Wildman–Crippen LogP) is 3.64. The average molecular weight is 439 g/mol. The van der Waals surface area contributed by atoms with Crippen molar-refractivity contribution >= 4 is 27.3 Å². The van der Waals surface area contributed by atoms with Crippen molar-refractivity contribution in [1.29, 1.82) is 0 Å². The molecule has 0 saturated carbocycles. The van der Waals surface area contributed by atoms with Gasteiger partial charge in [-0.15, -0.1) is 0 Å². The molecule has 0 bridgehead atoms. The molecule has 3 rings (SSSR count). The van der Waals surface area contributed by atoms with Crippen molar-refractivity contribution in [1.82, 2.24) is 4.72 Å². The minimum atomic E-state index is -3.80. The number of aryl methyl sites for hydroxylation is 1. The number of halogens is 1. The highest BCUT2D eigenvalue weighted by Gasteiger charge is 2.27. The Labute approximate surface area is 177 Å². The molecule has 1 aliphatic heterocycles. The number of nitrogens with one attached hydrogen (secondary N) is 2. The maximum atomic E-state index is 13.0. The Morgan fingerprint density at radius 1 is 1.21 bits per heavy atom. The van der Waals surface area contributed by atoms with Crippen molar-refractivity contribution in [3.05, 3.63) is 58.6 Å². The Bertz CT molecular complexity index is 951. The SMILES string of the molecule is Cc1ccccc1C(C)Nc1ccc(Cl)cc1S(=O)(=O)NC[C@@H]1CC[C@H](CO)O1. The molecule has 1 unspecified atom stereocenters. The minimum Gasteiger partial charge on any atom is -0.394 e. The molecular weight excluding hydrogens is 412 g/mol. The smallest absolute Gasteiger partial charge is 0.242 e. The standard InChI is InChI=1S/C21H27ClN2O4S/c1-14-5-3-4-6-19(14)15(2)24-20-10-7-16(22)11-21(20)29(26,27)23-12-17-8-9-18(13-25)28-17/h3-7,10-11,15,17-18,23-25H,8-9,12-13H2,1-2H3/t15?,17-,18+/m0/s1. The molecule has 29 heavy (non-hydrogen) atoms. The zero-order valence-corrected chi connectivity index (χ0v) is 18.1. The number of ether oxygens (including phenoxy) is 1. The second-order valence-electron chi connectivity index (χ2n) is 7.36. The Morgan fingerprint density at radius 3 is 2.62 bits per heavy atom. The van der Waals surface area contributed by atoms with Crippen molar-refractivity contribution in [3.63, 3.8) is 0 Å². The number of anilines is 1. The second-order valence-corrected chi connectivity index (χ2v) is 9.53. The average Bonchev–Trinajstić information content (AvgIpc) is 3.16. The van der Waals surface area contributed by atoms with Crippen LogP contribution in [0.25, 0.3) is 0 Å². The van der Waals surface area contributed by atoms with Crippen LogP contribution < -0.4 is 10.0 Å². The molecule has 0 aromatic heterocycles. The fraction of sp³-hybridized carbons (Fsp3) is 0.429. The highest BCUT2D eigenvalue weighted by Crippen LogP contribution is 2.30. The molecular formula is C21H27ClN2O4S. The summed E-state index contributed by atoms with van der Waals surface area (Å²) in [5, 5.41) is 12.8. The van der Waals surface area contributed by atoms with Crippen LogP contribution in [0.2, 0.25) is 5.02 Å². The van der Waals surface area contributed by atoms with Gasteiger partial charge in [0.15, 0.2) is 0 Å². The van der Waals surface area contributed by atoms with Crippen molar-refractivity contribution < 1.29 is 18.3 Å². The lowest BCUT2D eigenvalue weighted by atomic mass is 10.0. The Hall–Kier alpha value is -1.64. The van der Waals surface area contributed by atoms with Crippen molar-refractivity contribution in [3.8, 4) is 0 Å². The molecule has 0 aliphatic carbocycles. The molecule has 1 fully saturated rings.